The Hall–Kier alpha value is -1.71. The fourth-order valence-corrected chi connectivity index (χ4v) is 1.16. The summed E-state index contributed by atoms with van der Waals surface area (Å²) >= 11 is 0. The van der Waals surface area contributed by atoms with Crippen LogP contribution in [0.3, 0.4) is 0 Å². The second kappa shape index (κ2) is 4.50. The molecule has 0 heterocycles. The third kappa shape index (κ3) is 2.39. The lowest BCUT2D eigenvalue weighted by molar-refractivity contribution is -0.138. The Morgan fingerprint density at radius 3 is 2.86 bits per heavy atom. The SMILES string of the molecule is COC(=O)CNc1c(C)cccc1N. The first-order chi connectivity index (χ1) is 6.65. The number of benzene rings is 1. The minimum Gasteiger partial charge on any atom is -0.468 e. The molecule has 0 aliphatic heterocycles. The van der Waals surface area contributed by atoms with Gasteiger partial charge in [-0.2, -0.15) is 0 Å². The van der Waals surface area contributed by atoms with E-state index in [1.807, 2.05) is 19.1 Å². The van der Waals surface area contributed by atoms with Crippen molar-refractivity contribution in [3.05, 3.63) is 23.8 Å². The highest BCUT2D eigenvalue weighted by atomic mass is 16.5. The predicted molar refractivity (Wildman–Crippen MR) is 56.1 cm³/mol. The van der Waals surface area contributed by atoms with Gasteiger partial charge in [-0.3, -0.25) is 4.79 Å². The highest BCUT2D eigenvalue weighted by Crippen LogP contribution is 2.21. The van der Waals surface area contributed by atoms with Crippen LogP contribution in [0.4, 0.5) is 11.4 Å². The van der Waals surface area contributed by atoms with Crippen LogP contribution in [0.25, 0.3) is 0 Å². The standard InChI is InChI=1S/C10H14N2O2/c1-7-4-3-5-8(11)10(7)12-6-9(13)14-2/h3-5,12H,6,11H2,1-2H3. The number of carbonyl (C=O) groups is 1. The van der Waals surface area contributed by atoms with Crippen LogP contribution < -0.4 is 11.1 Å². The van der Waals surface area contributed by atoms with Crippen molar-refractivity contribution in [1.29, 1.82) is 0 Å². The molecule has 1 rings (SSSR count). The van der Waals surface area contributed by atoms with Crippen molar-refractivity contribution < 1.29 is 9.53 Å². The van der Waals surface area contributed by atoms with E-state index in [1.165, 1.54) is 7.11 Å². The fraction of sp³-hybridized carbons (Fsp3) is 0.300. The minimum absolute atomic E-state index is 0.131. The van der Waals surface area contributed by atoms with Crippen LogP contribution >= 0.6 is 0 Å². The maximum atomic E-state index is 10.9. The van der Waals surface area contributed by atoms with Gasteiger partial charge in [-0.1, -0.05) is 12.1 Å². The van der Waals surface area contributed by atoms with Gasteiger partial charge in [0.1, 0.15) is 6.54 Å². The van der Waals surface area contributed by atoms with E-state index in [9.17, 15) is 4.79 Å². The van der Waals surface area contributed by atoms with Gasteiger partial charge < -0.3 is 15.8 Å². The molecule has 3 N–H and O–H groups in total. The normalized spacial score (nSPS) is 9.57. The molecule has 0 saturated carbocycles. The first-order valence-corrected chi connectivity index (χ1v) is 4.31. The first kappa shape index (κ1) is 10.4. The van der Waals surface area contributed by atoms with E-state index >= 15 is 0 Å². The average molecular weight is 194 g/mol. The molecule has 0 amide bonds. The van der Waals surface area contributed by atoms with Gasteiger partial charge in [0.25, 0.3) is 0 Å². The van der Waals surface area contributed by atoms with E-state index < -0.39 is 0 Å². The van der Waals surface area contributed by atoms with Crippen LogP contribution in [-0.2, 0) is 9.53 Å². The summed E-state index contributed by atoms with van der Waals surface area (Å²) in [6.45, 7) is 2.06. The smallest absolute Gasteiger partial charge is 0.325 e. The van der Waals surface area contributed by atoms with Crippen LogP contribution in [0.2, 0.25) is 0 Å². The number of methoxy groups -OCH3 is 1. The lowest BCUT2D eigenvalue weighted by Gasteiger charge is -2.10. The molecular weight excluding hydrogens is 180 g/mol. The fourth-order valence-electron chi connectivity index (χ4n) is 1.16. The predicted octanol–water partition coefficient (Wildman–Crippen LogP) is 1.16. The topological polar surface area (TPSA) is 64.3 Å². The van der Waals surface area contributed by atoms with Crippen molar-refractivity contribution in [2.75, 3.05) is 24.7 Å². The second-order valence-electron chi connectivity index (χ2n) is 2.97. The van der Waals surface area contributed by atoms with Gasteiger partial charge in [0, 0.05) is 0 Å². The number of rotatable bonds is 3. The largest absolute Gasteiger partial charge is 0.468 e. The summed E-state index contributed by atoms with van der Waals surface area (Å²) in [5.74, 6) is -0.312. The first-order valence-electron chi connectivity index (χ1n) is 4.31. The van der Waals surface area contributed by atoms with Crippen LogP contribution in [0.15, 0.2) is 18.2 Å². The summed E-state index contributed by atoms with van der Waals surface area (Å²) in [4.78, 5) is 10.9. The van der Waals surface area contributed by atoms with Crippen LogP contribution in [0.5, 0.6) is 0 Å². The molecule has 4 heteroatoms. The molecule has 0 atom stereocenters. The molecule has 0 bridgehead atoms. The molecule has 0 aromatic heterocycles. The molecule has 1 aromatic rings. The number of carbonyl (C=O) groups excluding carboxylic acids is 1. The number of nitrogens with one attached hydrogen (secondary N) is 1. The molecule has 0 aliphatic rings. The van der Waals surface area contributed by atoms with Gasteiger partial charge in [-0.25, -0.2) is 0 Å². The van der Waals surface area contributed by atoms with E-state index in [1.54, 1.807) is 6.07 Å². The number of ether oxygens (including phenoxy) is 1. The van der Waals surface area contributed by atoms with Crippen LogP contribution in [-0.4, -0.2) is 19.6 Å². The Morgan fingerprint density at radius 1 is 1.57 bits per heavy atom. The summed E-state index contributed by atoms with van der Waals surface area (Å²) in [5.41, 5.74) is 8.17. The molecule has 0 radical (unpaired) electrons. The molecular formula is C10H14N2O2. The monoisotopic (exact) mass is 194 g/mol. The molecule has 0 saturated heterocycles. The van der Waals surface area contributed by atoms with Crippen molar-refractivity contribution in [3.63, 3.8) is 0 Å². The van der Waals surface area contributed by atoms with E-state index in [2.05, 4.69) is 10.1 Å². The van der Waals surface area contributed by atoms with Gasteiger partial charge in [-0.05, 0) is 18.6 Å². The summed E-state index contributed by atoms with van der Waals surface area (Å²) in [6.07, 6.45) is 0. The molecule has 0 fully saturated rings. The maximum Gasteiger partial charge on any atom is 0.325 e. The highest BCUT2D eigenvalue weighted by Gasteiger charge is 2.04. The summed E-state index contributed by atoms with van der Waals surface area (Å²) in [7, 11) is 1.35. The zero-order valence-corrected chi connectivity index (χ0v) is 8.33. The van der Waals surface area contributed by atoms with Gasteiger partial charge in [0.2, 0.25) is 0 Å². The van der Waals surface area contributed by atoms with Crippen molar-refractivity contribution in [2.45, 2.75) is 6.92 Å². The summed E-state index contributed by atoms with van der Waals surface area (Å²) < 4.78 is 4.51. The van der Waals surface area contributed by atoms with E-state index in [-0.39, 0.29) is 12.5 Å². The molecule has 76 valence electrons. The van der Waals surface area contributed by atoms with Crippen molar-refractivity contribution in [2.24, 2.45) is 0 Å². The summed E-state index contributed by atoms with van der Waals surface area (Å²) in [5, 5.41) is 2.93. The van der Waals surface area contributed by atoms with Gasteiger partial charge in [-0.15, -0.1) is 0 Å². The zero-order valence-electron chi connectivity index (χ0n) is 8.33. The Kier molecular flexibility index (Phi) is 3.34. The number of hydrogen-bond donors (Lipinski definition) is 2. The number of para-hydroxylation sites is 1. The number of nitrogens with two attached hydrogens (primary N) is 1. The Labute approximate surface area is 83.1 Å². The van der Waals surface area contributed by atoms with E-state index in [0.29, 0.717) is 5.69 Å². The number of aryl methyl sites for hydroxylation is 1. The van der Waals surface area contributed by atoms with Crippen molar-refractivity contribution in [1.82, 2.24) is 0 Å². The van der Waals surface area contributed by atoms with E-state index in [0.717, 1.165) is 11.3 Å². The van der Waals surface area contributed by atoms with Gasteiger partial charge in [0.05, 0.1) is 18.5 Å². The number of anilines is 2. The van der Waals surface area contributed by atoms with Crippen molar-refractivity contribution >= 4 is 17.3 Å². The van der Waals surface area contributed by atoms with Crippen LogP contribution in [0, 0.1) is 6.92 Å². The van der Waals surface area contributed by atoms with Crippen molar-refractivity contribution in [3.8, 4) is 0 Å². The summed E-state index contributed by atoms with van der Waals surface area (Å²) in [6, 6.07) is 5.58. The lowest BCUT2D eigenvalue weighted by Crippen LogP contribution is -2.16. The third-order valence-electron chi connectivity index (χ3n) is 1.94. The molecule has 4 nitrogen and oxygen atoms in total. The number of esters is 1. The number of hydrogen-bond acceptors (Lipinski definition) is 4. The second-order valence-corrected chi connectivity index (χ2v) is 2.97. The van der Waals surface area contributed by atoms with Crippen LogP contribution in [0.1, 0.15) is 5.56 Å². The molecule has 14 heavy (non-hydrogen) atoms. The number of nitrogen functional groups attached to an aromatic ring is 1. The Balaban J connectivity index is 2.71. The zero-order chi connectivity index (χ0) is 10.6. The Bertz CT molecular complexity index is 317. The quantitative estimate of drug-likeness (QED) is 0.560. The minimum atomic E-state index is -0.312. The molecule has 0 aliphatic carbocycles. The molecule has 1 aromatic carbocycles. The average Bonchev–Trinajstić information content (AvgIpc) is 2.16. The highest BCUT2D eigenvalue weighted by molar-refractivity contribution is 5.78. The Morgan fingerprint density at radius 2 is 2.29 bits per heavy atom. The lowest BCUT2D eigenvalue weighted by atomic mass is 10.1. The van der Waals surface area contributed by atoms with Gasteiger partial charge in [0.15, 0.2) is 0 Å². The maximum absolute atomic E-state index is 10.9. The van der Waals surface area contributed by atoms with Gasteiger partial charge >= 0.3 is 5.97 Å². The molecule has 0 unspecified atom stereocenters. The molecule has 0 spiro atoms. The van der Waals surface area contributed by atoms with E-state index in [4.69, 9.17) is 5.73 Å². The third-order valence-corrected chi connectivity index (χ3v) is 1.94.